The maximum Gasteiger partial charge on any atom is 0.191 e. The van der Waals surface area contributed by atoms with Gasteiger partial charge in [-0.15, -0.1) is 24.0 Å². The average Bonchev–Trinajstić information content (AvgIpc) is 2.88. The van der Waals surface area contributed by atoms with E-state index in [4.69, 9.17) is 0 Å². The summed E-state index contributed by atoms with van der Waals surface area (Å²) in [6.07, 6.45) is 3.03. The minimum Gasteiger partial charge on any atom is -0.356 e. The summed E-state index contributed by atoms with van der Waals surface area (Å²) in [5, 5.41) is 11.0. The SMILES string of the molecule is Cc1nn(-c2ccc(F)cc2)cc1CNC1=NCCCN1.I. The first kappa shape index (κ1) is 16.7. The van der Waals surface area contributed by atoms with Crippen LogP contribution in [0.1, 0.15) is 17.7 Å². The fourth-order valence-corrected chi connectivity index (χ4v) is 2.23. The molecule has 0 radical (unpaired) electrons. The fraction of sp³-hybridized carbons (Fsp3) is 0.333. The maximum absolute atomic E-state index is 13.0. The van der Waals surface area contributed by atoms with Crippen LogP contribution in [0.25, 0.3) is 5.69 Å². The molecule has 0 aliphatic carbocycles. The Balaban J connectivity index is 0.00000176. The van der Waals surface area contributed by atoms with E-state index in [9.17, 15) is 4.39 Å². The highest BCUT2D eigenvalue weighted by molar-refractivity contribution is 14.0. The highest BCUT2D eigenvalue weighted by Gasteiger charge is 2.08. The first-order chi connectivity index (χ1) is 10.2. The monoisotopic (exact) mass is 415 g/mol. The van der Waals surface area contributed by atoms with E-state index in [0.717, 1.165) is 42.4 Å². The van der Waals surface area contributed by atoms with Crippen LogP contribution in [0.15, 0.2) is 35.5 Å². The van der Waals surface area contributed by atoms with Gasteiger partial charge in [0, 0.05) is 31.4 Å². The van der Waals surface area contributed by atoms with E-state index in [1.54, 1.807) is 16.8 Å². The topological polar surface area (TPSA) is 54.2 Å². The summed E-state index contributed by atoms with van der Waals surface area (Å²) in [6, 6.07) is 6.30. The van der Waals surface area contributed by atoms with Crippen molar-refractivity contribution in [1.29, 1.82) is 0 Å². The summed E-state index contributed by atoms with van der Waals surface area (Å²) in [5.41, 5.74) is 2.89. The Hall–Kier alpha value is -1.64. The Kier molecular flexibility index (Phi) is 5.76. The van der Waals surface area contributed by atoms with Crippen molar-refractivity contribution >= 4 is 29.9 Å². The van der Waals surface area contributed by atoms with Gasteiger partial charge in [-0.2, -0.15) is 5.10 Å². The predicted molar refractivity (Wildman–Crippen MR) is 95.4 cm³/mol. The van der Waals surface area contributed by atoms with Crippen LogP contribution in [0.4, 0.5) is 4.39 Å². The molecule has 1 aliphatic rings. The van der Waals surface area contributed by atoms with Crippen LogP contribution in [0.3, 0.4) is 0 Å². The van der Waals surface area contributed by atoms with Gasteiger partial charge < -0.3 is 10.6 Å². The molecule has 2 aromatic rings. The molecular weight excluding hydrogens is 396 g/mol. The van der Waals surface area contributed by atoms with Crippen molar-refractivity contribution in [3.8, 4) is 5.69 Å². The lowest BCUT2D eigenvalue weighted by Gasteiger charge is -2.15. The number of aryl methyl sites for hydroxylation is 1. The molecule has 1 aromatic carbocycles. The molecule has 0 spiro atoms. The Labute approximate surface area is 146 Å². The van der Waals surface area contributed by atoms with Crippen LogP contribution in [0, 0.1) is 12.7 Å². The Morgan fingerprint density at radius 2 is 2.09 bits per heavy atom. The smallest absolute Gasteiger partial charge is 0.191 e. The summed E-state index contributed by atoms with van der Waals surface area (Å²) in [6.45, 7) is 4.45. The highest BCUT2D eigenvalue weighted by Crippen LogP contribution is 2.12. The van der Waals surface area contributed by atoms with Gasteiger partial charge in [0.15, 0.2) is 5.96 Å². The van der Waals surface area contributed by atoms with Gasteiger partial charge >= 0.3 is 0 Å². The van der Waals surface area contributed by atoms with E-state index in [2.05, 4.69) is 20.7 Å². The van der Waals surface area contributed by atoms with E-state index in [-0.39, 0.29) is 29.8 Å². The lowest BCUT2D eigenvalue weighted by Crippen LogP contribution is -2.40. The summed E-state index contributed by atoms with van der Waals surface area (Å²) in [4.78, 5) is 4.37. The number of benzene rings is 1. The van der Waals surface area contributed by atoms with Crippen LogP contribution in [0.2, 0.25) is 0 Å². The number of nitrogens with one attached hydrogen (secondary N) is 2. The average molecular weight is 415 g/mol. The summed E-state index contributed by atoms with van der Waals surface area (Å²) < 4.78 is 14.7. The van der Waals surface area contributed by atoms with Crippen LogP contribution < -0.4 is 10.6 Å². The standard InChI is InChI=1S/C15H18FN5.HI/c1-11-12(9-19-15-17-7-2-8-18-15)10-21(20-11)14-5-3-13(16)4-6-14;/h3-6,10H,2,7-9H2,1H3,(H2,17,18,19);1H. The zero-order valence-electron chi connectivity index (χ0n) is 12.3. The van der Waals surface area contributed by atoms with Gasteiger partial charge in [-0.05, 0) is 37.6 Å². The van der Waals surface area contributed by atoms with Crippen LogP contribution in [0.5, 0.6) is 0 Å². The third kappa shape index (κ3) is 3.96. The van der Waals surface area contributed by atoms with Crippen molar-refractivity contribution in [1.82, 2.24) is 20.4 Å². The summed E-state index contributed by atoms with van der Waals surface area (Å²) in [7, 11) is 0. The van der Waals surface area contributed by atoms with Crippen LogP contribution in [-0.2, 0) is 6.54 Å². The Bertz CT molecular complexity index is 650. The van der Waals surface area contributed by atoms with Crippen molar-refractivity contribution in [3.63, 3.8) is 0 Å². The molecule has 0 amide bonds. The maximum atomic E-state index is 13.0. The molecule has 3 rings (SSSR count). The number of halogens is 2. The van der Waals surface area contributed by atoms with Gasteiger partial charge in [-0.1, -0.05) is 0 Å². The van der Waals surface area contributed by atoms with Crippen molar-refractivity contribution in [2.45, 2.75) is 19.9 Å². The van der Waals surface area contributed by atoms with Gasteiger partial charge in [0.05, 0.1) is 11.4 Å². The number of guanidine groups is 1. The van der Waals surface area contributed by atoms with E-state index in [1.165, 1.54) is 12.1 Å². The van der Waals surface area contributed by atoms with Crippen LogP contribution in [-0.4, -0.2) is 28.8 Å². The molecule has 0 bridgehead atoms. The van der Waals surface area contributed by atoms with E-state index < -0.39 is 0 Å². The molecule has 0 saturated carbocycles. The molecule has 118 valence electrons. The third-order valence-corrected chi connectivity index (χ3v) is 3.44. The second kappa shape index (κ2) is 7.57. The molecule has 1 aliphatic heterocycles. The number of hydrogen-bond acceptors (Lipinski definition) is 4. The highest BCUT2D eigenvalue weighted by atomic mass is 127. The Morgan fingerprint density at radius 1 is 1.32 bits per heavy atom. The van der Waals surface area contributed by atoms with Crippen molar-refractivity contribution in [2.75, 3.05) is 13.1 Å². The first-order valence-corrected chi connectivity index (χ1v) is 7.05. The molecule has 0 fully saturated rings. The number of aliphatic imine (C=N–C) groups is 1. The van der Waals surface area contributed by atoms with E-state index in [0.29, 0.717) is 6.54 Å². The third-order valence-electron chi connectivity index (χ3n) is 3.44. The first-order valence-electron chi connectivity index (χ1n) is 7.05. The Morgan fingerprint density at radius 3 is 2.77 bits per heavy atom. The number of nitrogens with zero attached hydrogens (tertiary/aromatic N) is 3. The molecule has 2 heterocycles. The van der Waals surface area contributed by atoms with Crippen molar-refractivity contribution in [3.05, 3.63) is 47.5 Å². The number of aromatic nitrogens is 2. The van der Waals surface area contributed by atoms with Crippen molar-refractivity contribution in [2.24, 2.45) is 4.99 Å². The fourth-order valence-electron chi connectivity index (χ4n) is 2.23. The minimum atomic E-state index is -0.245. The molecule has 5 nitrogen and oxygen atoms in total. The molecule has 1 aromatic heterocycles. The quantitative estimate of drug-likeness (QED) is 0.758. The number of rotatable bonds is 3. The summed E-state index contributed by atoms with van der Waals surface area (Å²) in [5.74, 6) is 0.598. The molecule has 0 atom stereocenters. The second-order valence-corrected chi connectivity index (χ2v) is 5.02. The van der Waals surface area contributed by atoms with Gasteiger partial charge in [0.1, 0.15) is 5.82 Å². The largest absolute Gasteiger partial charge is 0.356 e. The van der Waals surface area contributed by atoms with Gasteiger partial charge in [-0.3, -0.25) is 4.99 Å². The zero-order chi connectivity index (χ0) is 14.7. The summed E-state index contributed by atoms with van der Waals surface area (Å²) >= 11 is 0. The molecule has 22 heavy (non-hydrogen) atoms. The minimum absolute atomic E-state index is 0. The number of hydrogen-bond donors (Lipinski definition) is 2. The molecule has 7 heteroatoms. The predicted octanol–water partition coefficient (Wildman–Crippen LogP) is 2.38. The van der Waals surface area contributed by atoms with Crippen LogP contribution >= 0.6 is 24.0 Å². The van der Waals surface area contributed by atoms with E-state index in [1.807, 2.05) is 13.1 Å². The zero-order valence-corrected chi connectivity index (χ0v) is 14.7. The van der Waals surface area contributed by atoms with Gasteiger partial charge in [0.2, 0.25) is 0 Å². The lowest BCUT2D eigenvalue weighted by atomic mass is 10.2. The normalized spacial score (nSPS) is 13.8. The molecule has 0 unspecified atom stereocenters. The second-order valence-electron chi connectivity index (χ2n) is 5.02. The van der Waals surface area contributed by atoms with Gasteiger partial charge in [0.25, 0.3) is 0 Å². The lowest BCUT2D eigenvalue weighted by molar-refractivity contribution is 0.627. The van der Waals surface area contributed by atoms with Gasteiger partial charge in [-0.25, -0.2) is 9.07 Å². The molecule has 0 saturated heterocycles. The van der Waals surface area contributed by atoms with E-state index >= 15 is 0 Å². The van der Waals surface area contributed by atoms with Crippen molar-refractivity contribution < 1.29 is 4.39 Å². The molecule has 2 N–H and O–H groups in total. The molecular formula is C15H19FIN5.